The Balaban J connectivity index is 2.15. The van der Waals surface area contributed by atoms with Gasteiger partial charge in [0.1, 0.15) is 17.5 Å². The molecule has 184 valence electrons. The molecule has 0 radical (unpaired) electrons. The van der Waals surface area contributed by atoms with Gasteiger partial charge < -0.3 is 19.5 Å². The van der Waals surface area contributed by atoms with Gasteiger partial charge in [0.15, 0.2) is 0 Å². The van der Waals surface area contributed by atoms with Crippen LogP contribution in [0, 0.1) is 17.1 Å². The van der Waals surface area contributed by atoms with Gasteiger partial charge in [0.2, 0.25) is 0 Å². The van der Waals surface area contributed by atoms with Gasteiger partial charge in [-0.1, -0.05) is 38.1 Å². The van der Waals surface area contributed by atoms with E-state index in [0.29, 0.717) is 5.65 Å². The highest BCUT2D eigenvalue weighted by Gasteiger charge is 2.21. The minimum atomic E-state index is -1.05. The summed E-state index contributed by atoms with van der Waals surface area (Å²) in [5, 5.41) is 30.8. The predicted octanol–water partition coefficient (Wildman–Crippen LogP) is 4.74. The molecule has 0 fully saturated rings. The van der Waals surface area contributed by atoms with Crippen LogP contribution in [0.3, 0.4) is 0 Å². The molecule has 3 aromatic rings. The predicted molar refractivity (Wildman–Crippen MR) is 132 cm³/mol. The number of pyridine rings is 1. The number of esters is 1. The Morgan fingerprint density at radius 1 is 1.23 bits per heavy atom. The summed E-state index contributed by atoms with van der Waals surface area (Å²) in [6.07, 6.45) is 2.80. The van der Waals surface area contributed by atoms with Crippen molar-refractivity contribution in [3.05, 3.63) is 59.7 Å². The fourth-order valence-corrected chi connectivity index (χ4v) is 4.03. The number of hydrogen-bond donors (Lipinski definition) is 2. The van der Waals surface area contributed by atoms with Crippen molar-refractivity contribution in [2.24, 2.45) is 0 Å². The Bertz CT molecular complexity index is 1260. The van der Waals surface area contributed by atoms with E-state index in [9.17, 15) is 24.7 Å². The second kappa shape index (κ2) is 11.3. The quantitative estimate of drug-likeness (QED) is 0.429. The summed E-state index contributed by atoms with van der Waals surface area (Å²) >= 11 is 0. The van der Waals surface area contributed by atoms with Crippen molar-refractivity contribution < 1.29 is 24.1 Å². The van der Waals surface area contributed by atoms with Gasteiger partial charge in [-0.05, 0) is 36.6 Å². The van der Waals surface area contributed by atoms with Gasteiger partial charge in [-0.2, -0.15) is 5.26 Å². The third-order valence-electron chi connectivity index (χ3n) is 5.84. The molecule has 0 spiro atoms. The molecule has 3 atom stereocenters. The summed E-state index contributed by atoms with van der Waals surface area (Å²) in [6.45, 7) is 5.78. The Hall–Kier alpha value is -3.54. The number of nitriles is 1. The van der Waals surface area contributed by atoms with E-state index in [-0.39, 0.29) is 24.6 Å². The van der Waals surface area contributed by atoms with Crippen molar-refractivity contribution in [1.29, 1.82) is 5.26 Å². The lowest BCUT2D eigenvalue weighted by Crippen LogP contribution is -2.20. The van der Waals surface area contributed by atoms with Crippen LogP contribution in [0.4, 0.5) is 4.39 Å². The molecule has 0 bridgehead atoms. The summed E-state index contributed by atoms with van der Waals surface area (Å²) < 4.78 is 20.1. The molecule has 2 aromatic heterocycles. The average Bonchev–Trinajstić information content (AvgIpc) is 3.25. The number of carbonyl (C=O) groups excluding carboxylic acids is 1. The summed E-state index contributed by atoms with van der Waals surface area (Å²) in [7, 11) is 1.24. The number of benzene rings is 1. The van der Waals surface area contributed by atoms with E-state index in [1.807, 2.05) is 26.1 Å². The zero-order chi connectivity index (χ0) is 25.7. The van der Waals surface area contributed by atoms with Crippen LogP contribution >= 0.6 is 0 Å². The number of halogens is 1. The SMILES string of the molecule is COC(=O)CC(O)CC(O)C=Cc1c(C(C)C)nc2c(ccn2C(C)C#N)c1-c1ccc(F)cc1. The summed E-state index contributed by atoms with van der Waals surface area (Å²) in [5.74, 6) is -0.910. The number of aliphatic hydroxyl groups is 2. The molecule has 2 N–H and O–H groups in total. The van der Waals surface area contributed by atoms with E-state index < -0.39 is 24.2 Å². The van der Waals surface area contributed by atoms with E-state index in [0.717, 1.165) is 27.8 Å². The van der Waals surface area contributed by atoms with Gasteiger partial charge in [0.25, 0.3) is 0 Å². The zero-order valence-electron chi connectivity index (χ0n) is 20.3. The van der Waals surface area contributed by atoms with Crippen LogP contribution in [0.1, 0.15) is 56.8 Å². The molecular formula is C27H30FN3O4. The van der Waals surface area contributed by atoms with E-state index in [1.165, 1.54) is 19.2 Å². The number of aromatic nitrogens is 2. The summed E-state index contributed by atoms with van der Waals surface area (Å²) in [4.78, 5) is 16.3. The first-order valence-electron chi connectivity index (χ1n) is 11.5. The van der Waals surface area contributed by atoms with Gasteiger partial charge >= 0.3 is 5.97 Å². The smallest absolute Gasteiger partial charge is 0.308 e. The van der Waals surface area contributed by atoms with Crippen molar-refractivity contribution in [2.75, 3.05) is 7.11 Å². The maximum Gasteiger partial charge on any atom is 0.308 e. The molecule has 0 aliphatic heterocycles. The molecule has 7 nitrogen and oxygen atoms in total. The Morgan fingerprint density at radius 2 is 1.91 bits per heavy atom. The molecule has 1 aromatic carbocycles. The standard InChI is InChI=1S/C27H30FN3O4/c1-16(2)26-22(10-9-20(32)13-21(33)14-24(34)35-4)25(18-5-7-19(28)8-6-18)23-11-12-31(17(3)15-29)27(23)30-26/h5-12,16-17,20-21,32-33H,13-14H2,1-4H3. The van der Waals surface area contributed by atoms with Gasteiger partial charge in [-0.3, -0.25) is 4.79 Å². The third kappa shape index (κ3) is 5.94. The van der Waals surface area contributed by atoms with Gasteiger partial charge in [0, 0.05) is 29.1 Å². The minimum Gasteiger partial charge on any atom is -0.469 e. The first kappa shape index (κ1) is 26.1. The Kier molecular flexibility index (Phi) is 8.39. The Labute approximate surface area is 204 Å². The lowest BCUT2D eigenvalue weighted by atomic mass is 9.91. The molecule has 35 heavy (non-hydrogen) atoms. The molecule has 0 aliphatic carbocycles. The van der Waals surface area contributed by atoms with Crippen LogP contribution in [0.5, 0.6) is 0 Å². The summed E-state index contributed by atoms with van der Waals surface area (Å²) in [6, 6.07) is 9.83. The van der Waals surface area contributed by atoms with Crippen molar-refractivity contribution in [3.8, 4) is 17.2 Å². The minimum absolute atomic E-state index is 0.000970. The zero-order valence-corrected chi connectivity index (χ0v) is 20.3. The van der Waals surface area contributed by atoms with Gasteiger partial charge in [-0.15, -0.1) is 0 Å². The van der Waals surface area contributed by atoms with Gasteiger partial charge in [-0.25, -0.2) is 9.37 Å². The van der Waals surface area contributed by atoms with Crippen LogP contribution in [0.15, 0.2) is 42.6 Å². The van der Waals surface area contributed by atoms with Crippen molar-refractivity contribution in [2.45, 2.75) is 57.8 Å². The van der Waals surface area contributed by atoms with E-state index in [1.54, 1.807) is 35.8 Å². The monoisotopic (exact) mass is 479 g/mol. The molecule has 3 unspecified atom stereocenters. The number of rotatable bonds is 9. The number of fused-ring (bicyclic) bond motifs is 1. The highest BCUT2D eigenvalue weighted by molar-refractivity contribution is 5.98. The van der Waals surface area contributed by atoms with Crippen LogP contribution in [-0.4, -0.2) is 45.1 Å². The number of aliphatic hydroxyl groups excluding tert-OH is 2. The van der Waals surface area contributed by atoms with Crippen LogP contribution in [-0.2, 0) is 9.53 Å². The summed E-state index contributed by atoms with van der Waals surface area (Å²) in [5.41, 5.74) is 3.72. The largest absolute Gasteiger partial charge is 0.469 e. The molecule has 0 aliphatic rings. The molecular weight excluding hydrogens is 449 g/mol. The van der Waals surface area contributed by atoms with Crippen molar-refractivity contribution >= 4 is 23.1 Å². The first-order chi connectivity index (χ1) is 16.7. The highest BCUT2D eigenvalue weighted by Crippen LogP contribution is 2.38. The lowest BCUT2D eigenvalue weighted by Gasteiger charge is -2.18. The number of methoxy groups -OCH3 is 1. The van der Waals surface area contributed by atoms with E-state index >= 15 is 0 Å². The number of carbonyl (C=O) groups is 1. The topological polar surface area (TPSA) is 108 Å². The maximum absolute atomic E-state index is 13.7. The fraction of sp³-hybridized carbons (Fsp3) is 0.370. The van der Waals surface area contributed by atoms with Crippen LogP contribution in [0.25, 0.3) is 28.2 Å². The fourth-order valence-electron chi connectivity index (χ4n) is 4.03. The van der Waals surface area contributed by atoms with E-state index in [2.05, 4.69) is 10.8 Å². The molecule has 0 amide bonds. The van der Waals surface area contributed by atoms with E-state index in [4.69, 9.17) is 4.98 Å². The molecule has 3 rings (SSSR count). The molecule has 0 saturated heterocycles. The number of ether oxygens (including phenoxy) is 1. The second-order valence-electron chi connectivity index (χ2n) is 8.81. The van der Waals surface area contributed by atoms with Gasteiger partial charge in [0.05, 0.1) is 37.5 Å². The van der Waals surface area contributed by atoms with Crippen LogP contribution in [0.2, 0.25) is 0 Å². The second-order valence-corrected chi connectivity index (χ2v) is 8.81. The number of nitrogens with zero attached hydrogens (tertiary/aromatic N) is 3. The third-order valence-corrected chi connectivity index (χ3v) is 5.84. The normalized spacial score (nSPS) is 14.3. The maximum atomic E-state index is 13.7. The molecule has 8 heteroatoms. The molecule has 2 heterocycles. The van der Waals surface area contributed by atoms with Crippen molar-refractivity contribution in [3.63, 3.8) is 0 Å². The number of hydrogen-bond acceptors (Lipinski definition) is 6. The first-order valence-corrected chi connectivity index (χ1v) is 11.5. The lowest BCUT2D eigenvalue weighted by molar-refractivity contribution is -0.143. The Morgan fingerprint density at radius 3 is 2.51 bits per heavy atom. The highest BCUT2D eigenvalue weighted by atomic mass is 19.1. The van der Waals surface area contributed by atoms with Crippen LogP contribution < -0.4 is 0 Å². The average molecular weight is 480 g/mol. The van der Waals surface area contributed by atoms with Crippen molar-refractivity contribution in [1.82, 2.24) is 9.55 Å². The molecule has 0 saturated carbocycles.